The van der Waals surface area contributed by atoms with E-state index in [1.165, 1.54) is 29.7 Å². The Hall–Kier alpha value is -2.80. The Morgan fingerprint density at radius 2 is 2.10 bits per heavy atom. The monoisotopic (exact) mass is 301 g/mol. The topological polar surface area (TPSA) is 84.6 Å². The molecule has 1 heterocycles. The van der Waals surface area contributed by atoms with E-state index in [-0.39, 0.29) is 11.6 Å². The molecule has 2 rings (SSSR count). The van der Waals surface area contributed by atoms with E-state index in [2.05, 4.69) is 10.5 Å². The number of nitrogens with zero attached hydrogens (tertiary/aromatic N) is 2. The van der Waals surface area contributed by atoms with Crippen LogP contribution < -0.4 is 5.43 Å². The number of carbonyl (C=O) groups is 1. The molecule has 21 heavy (non-hydrogen) atoms. The molecule has 0 saturated heterocycles. The lowest BCUT2D eigenvalue weighted by atomic mass is 10.2. The highest BCUT2D eigenvalue weighted by atomic mass is 32.1. The van der Waals surface area contributed by atoms with Crippen molar-refractivity contribution in [1.82, 2.24) is 5.43 Å². The first-order valence-corrected chi connectivity index (χ1v) is 6.83. The van der Waals surface area contributed by atoms with E-state index in [4.69, 9.17) is 0 Å². The highest BCUT2D eigenvalue weighted by molar-refractivity contribution is 7.12. The minimum absolute atomic E-state index is 0.0183. The van der Waals surface area contributed by atoms with E-state index in [1.807, 2.05) is 0 Å². The van der Waals surface area contributed by atoms with Gasteiger partial charge in [0.15, 0.2) is 0 Å². The smallest absolute Gasteiger partial charge is 0.266 e. The van der Waals surface area contributed by atoms with Gasteiger partial charge in [0, 0.05) is 12.3 Å². The van der Waals surface area contributed by atoms with E-state index in [9.17, 15) is 14.9 Å². The highest BCUT2D eigenvalue weighted by Gasteiger charge is 2.08. The Balaban J connectivity index is 1.95. The zero-order valence-electron chi connectivity index (χ0n) is 10.8. The average molecular weight is 301 g/mol. The molecule has 6 nitrogen and oxygen atoms in total. The summed E-state index contributed by atoms with van der Waals surface area (Å²) in [6.07, 6.45) is 4.44. The summed E-state index contributed by atoms with van der Waals surface area (Å²) in [4.78, 5) is 22.5. The lowest BCUT2D eigenvalue weighted by Gasteiger charge is -1.95. The van der Waals surface area contributed by atoms with Gasteiger partial charge < -0.3 is 0 Å². The van der Waals surface area contributed by atoms with Crippen molar-refractivity contribution in [3.8, 4) is 0 Å². The first-order chi connectivity index (χ1) is 10.2. The molecule has 0 fully saturated rings. The molecule has 0 atom stereocenters. The van der Waals surface area contributed by atoms with Crippen molar-refractivity contribution in [2.45, 2.75) is 0 Å². The van der Waals surface area contributed by atoms with Crippen molar-refractivity contribution in [2.24, 2.45) is 5.10 Å². The van der Waals surface area contributed by atoms with Gasteiger partial charge in [0.05, 0.1) is 15.4 Å². The van der Waals surface area contributed by atoms with Crippen LogP contribution in [0.5, 0.6) is 0 Å². The molecule has 2 aromatic rings. The van der Waals surface area contributed by atoms with E-state index in [0.29, 0.717) is 10.4 Å². The van der Waals surface area contributed by atoms with Gasteiger partial charge in [-0.2, -0.15) is 5.10 Å². The molecule has 1 aromatic heterocycles. The summed E-state index contributed by atoms with van der Waals surface area (Å²) < 4.78 is 0. The fourth-order valence-corrected chi connectivity index (χ4v) is 2.16. The minimum Gasteiger partial charge on any atom is -0.266 e. The number of amides is 1. The van der Waals surface area contributed by atoms with Crippen LogP contribution in [0.15, 0.2) is 53.0 Å². The number of hydrogen-bond donors (Lipinski definition) is 1. The van der Waals surface area contributed by atoms with E-state index in [0.717, 1.165) is 0 Å². The molecule has 1 N–H and O–H groups in total. The summed E-state index contributed by atoms with van der Waals surface area (Å²) in [7, 11) is 0. The summed E-state index contributed by atoms with van der Waals surface area (Å²) in [5, 5.41) is 16.4. The number of hydrogen-bond acceptors (Lipinski definition) is 5. The van der Waals surface area contributed by atoms with Gasteiger partial charge in [-0.1, -0.05) is 18.2 Å². The number of rotatable bonds is 5. The molecule has 0 aliphatic rings. The first kappa shape index (κ1) is 14.6. The zero-order valence-corrected chi connectivity index (χ0v) is 11.6. The van der Waals surface area contributed by atoms with E-state index >= 15 is 0 Å². The third kappa shape index (κ3) is 4.08. The maximum atomic E-state index is 11.6. The second-order valence-electron chi connectivity index (χ2n) is 3.87. The van der Waals surface area contributed by atoms with Crippen LogP contribution in [0, 0.1) is 10.1 Å². The van der Waals surface area contributed by atoms with Gasteiger partial charge in [-0.15, -0.1) is 11.3 Å². The molecular formula is C14H11N3O3S. The predicted octanol–water partition coefficient (Wildman–Crippen LogP) is 3.09. The standard InChI is InChI=1S/C14H11N3O3S/c18-14(13-8-4-10-21-13)16-15-9-3-6-11-5-1-2-7-12(11)17(19)20/h1-10H,(H,16,18)/b6-3-,15-9+. The zero-order chi connectivity index (χ0) is 15.1. The molecule has 0 bridgehead atoms. The Labute approximate surface area is 124 Å². The number of nitro benzene ring substituents is 1. The fraction of sp³-hybridized carbons (Fsp3) is 0. The van der Waals surface area contributed by atoms with Gasteiger partial charge in [0.1, 0.15) is 0 Å². The first-order valence-electron chi connectivity index (χ1n) is 5.95. The highest BCUT2D eigenvalue weighted by Crippen LogP contribution is 2.18. The van der Waals surface area contributed by atoms with Crippen molar-refractivity contribution in [1.29, 1.82) is 0 Å². The Morgan fingerprint density at radius 3 is 2.81 bits per heavy atom. The van der Waals surface area contributed by atoms with Crippen molar-refractivity contribution < 1.29 is 9.72 Å². The Morgan fingerprint density at radius 1 is 1.29 bits per heavy atom. The van der Waals surface area contributed by atoms with Crippen LogP contribution in [0.25, 0.3) is 6.08 Å². The van der Waals surface area contributed by atoms with Gasteiger partial charge in [-0.05, 0) is 29.7 Å². The summed E-state index contributed by atoms with van der Waals surface area (Å²) >= 11 is 1.32. The molecule has 0 saturated carbocycles. The molecule has 1 amide bonds. The second-order valence-corrected chi connectivity index (χ2v) is 4.82. The third-order valence-electron chi connectivity index (χ3n) is 2.48. The summed E-state index contributed by atoms with van der Waals surface area (Å²) in [5.41, 5.74) is 2.85. The molecular weight excluding hydrogens is 290 g/mol. The number of thiophene rings is 1. The molecule has 0 aliphatic heterocycles. The Kier molecular flexibility index (Phi) is 4.94. The molecule has 0 aliphatic carbocycles. The van der Waals surface area contributed by atoms with Gasteiger partial charge in [0.2, 0.25) is 0 Å². The van der Waals surface area contributed by atoms with Crippen molar-refractivity contribution in [2.75, 3.05) is 0 Å². The number of para-hydroxylation sites is 1. The maximum absolute atomic E-state index is 11.6. The number of carbonyl (C=O) groups excluding carboxylic acids is 1. The minimum atomic E-state index is -0.449. The number of benzene rings is 1. The van der Waals surface area contributed by atoms with Crippen molar-refractivity contribution >= 4 is 35.2 Å². The number of hydrazone groups is 1. The predicted molar refractivity (Wildman–Crippen MR) is 82.4 cm³/mol. The van der Waals surface area contributed by atoms with Crippen LogP contribution in [0.1, 0.15) is 15.2 Å². The lowest BCUT2D eigenvalue weighted by molar-refractivity contribution is -0.385. The van der Waals surface area contributed by atoms with Crippen LogP contribution in [0.4, 0.5) is 5.69 Å². The van der Waals surface area contributed by atoms with Gasteiger partial charge in [-0.3, -0.25) is 14.9 Å². The summed E-state index contributed by atoms with van der Waals surface area (Å²) in [5.74, 6) is -0.291. The largest absolute Gasteiger partial charge is 0.281 e. The SMILES string of the molecule is O=C(N/N=C/C=C\c1ccccc1[N+](=O)[O-])c1cccs1. The lowest BCUT2D eigenvalue weighted by Crippen LogP contribution is -2.15. The van der Waals surface area contributed by atoms with Crippen LogP contribution in [0.2, 0.25) is 0 Å². The normalized spacial score (nSPS) is 11.0. The molecule has 0 radical (unpaired) electrons. The third-order valence-corrected chi connectivity index (χ3v) is 3.35. The average Bonchev–Trinajstić information content (AvgIpc) is 3.01. The molecule has 0 spiro atoms. The molecule has 106 valence electrons. The molecule has 0 unspecified atom stereocenters. The van der Waals surface area contributed by atoms with Crippen LogP contribution >= 0.6 is 11.3 Å². The second kappa shape index (κ2) is 7.11. The molecule has 1 aromatic carbocycles. The van der Waals surface area contributed by atoms with E-state index in [1.54, 1.807) is 41.8 Å². The van der Waals surface area contributed by atoms with Crippen LogP contribution in [-0.2, 0) is 0 Å². The van der Waals surface area contributed by atoms with Gasteiger partial charge in [0.25, 0.3) is 11.6 Å². The fourth-order valence-electron chi connectivity index (χ4n) is 1.54. The van der Waals surface area contributed by atoms with Crippen molar-refractivity contribution in [3.63, 3.8) is 0 Å². The quantitative estimate of drug-likeness (QED) is 0.523. The van der Waals surface area contributed by atoms with Crippen molar-refractivity contribution in [3.05, 3.63) is 68.4 Å². The summed E-state index contributed by atoms with van der Waals surface area (Å²) in [6, 6.07) is 9.84. The Bertz CT molecular complexity index is 693. The van der Waals surface area contributed by atoms with Gasteiger partial charge in [-0.25, -0.2) is 5.43 Å². The number of nitro groups is 1. The molecule has 7 heteroatoms. The summed E-state index contributed by atoms with van der Waals surface area (Å²) in [6.45, 7) is 0. The van der Waals surface area contributed by atoms with E-state index < -0.39 is 4.92 Å². The van der Waals surface area contributed by atoms with Crippen LogP contribution in [0.3, 0.4) is 0 Å². The maximum Gasteiger partial charge on any atom is 0.281 e. The van der Waals surface area contributed by atoms with Crippen LogP contribution in [-0.4, -0.2) is 17.0 Å². The number of nitrogens with one attached hydrogen (secondary N) is 1. The van der Waals surface area contributed by atoms with Gasteiger partial charge >= 0.3 is 0 Å². The number of allylic oxidation sites excluding steroid dienone is 1.